The molecule has 1 amide bonds. The van der Waals surface area contributed by atoms with Crippen molar-refractivity contribution in [3.05, 3.63) is 63.8 Å². The van der Waals surface area contributed by atoms with E-state index in [9.17, 15) is 4.79 Å². The van der Waals surface area contributed by atoms with Gasteiger partial charge in [0.05, 0.1) is 16.4 Å². The van der Waals surface area contributed by atoms with Gasteiger partial charge in [-0.15, -0.1) is 5.10 Å². The summed E-state index contributed by atoms with van der Waals surface area (Å²) in [5.74, 6) is 0.616. The van der Waals surface area contributed by atoms with Gasteiger partial charge in [-0.2, -0.15) is 0 Å². The zero-order valence-electron chi connectivity index (χ0n) is 15.2. The van der Waals surface area contributed by atoms with Gasteiger partial charge >= 0.3 is 0 Å². The van der Waals surface area contributed by atoms with Crippen molar-refractivity contribution in [2.45, 2.75) is 13.3 Å². The monoisotopic (exact) mass is 394 g/mol. The predicted octanol–water partition coefficient (Wildman–Crippen LogP) is 3.44. The van der Waals surface area contributed by atoms with Crippen molar-refractivity contribution in [1.29, 1.82) is 5.41 Å². The SMILES string of the molecule is Cc1cn(-c2ccc3c(c2)CCNC3=O)nc1Nc1ccc(N)c(C=N)c1Cl. The Bertz CT molecular complexity index is 1100. The van der Waals surface area contributed by atoms with E-state index in [1.54, 1.807) is 16.8 Å². The summed E-state index contributed by atoms with van der Waals surface area (Å²) in [6.45, 7) is 2.59. The van der Waals surface area contributed by atoms with Crippen molar-refractivity contribution in [3.63, 3.8) is 0 Å². The van der Waals surface area contributed by atoms with E-state index >= 15 is 0 Å². The second-order valence-electron chi connectivity index (χ2n) is 6.65. The van der Waals surface area contributed by atoms with Crippen molar-refractivity contribution in [2.75, 3.05) is 17.6 Å². The zero-order valence-corrected chi connectivity index (χ0v) is 16.0. The fourth-order valence-electron chi connectivity index (χ4n) is 3.25. The van der Waals surface area contributed by atoms with Crippen LogP contribution in [0.4, 0.5) is 17.2 Å². The fourth-order valence-corrected chi connectivity index (χ4v) is 3.53. The average molecular weight is 395 g/mol. The second kappa shape index (κ2) is 7.01. The predicted molar refractivity (Wildman–Crippen MR) is 111 cm³/mol. The maximum absolute atomic E-state index is 11.9. The molecule has 1 aliphatic heterocycles. The first-order valence-corrected chi connectivity index (χ1v) is 9.19. The molecule has 0 atom stereocenters. The van der Waals surface area contributed by atoms with Crippen molar-refractivity contribution < 1.29 is 4.79 Å². The largest absolute Gasteiger partial charge is 0.398 e. The Labute approximate surface area is 167 Å². The van der Waals surface area contributed by atoms with Crippen LogP contribution in [-0.4, -0.2) is 28.4 Å². The van der Waals surface area contributed by atoms with Crippen LogP contribution in [0.2, 0.25) is 5.02 Å². The summed E-state index contributed by atoms with van der Waals surface area (Å²) in [6, 6.07) is 9.17. The molecule has 0 unspecified atom stereocenters. The highest BCUT2D eigenvalue weighted by Crippen LogP contribution is 2.32. The molecule has 3 aromatic rings. The highest BCUT2D eigenvalue weighted by atomic mass is 35.5. The Hall–Kier alpha value is -3.32. The standard InChI is InChI=1S/C20H19ClN6O/c1-11-10-27(13-2-3-14-12(8-13)6-7-24-20(14)28)26-19(11)25-17-5-4-16(23)15(9-22)18(17)21/h2-5,8-10,22H,6-7,23H2,1H3,(H,24,28)(H,25,26). The molecule has 0 aliphatic carbocycles. The van der Waals surface area contributed by atoms with Gasteiger partial charge in [0.15, 0.2) is 5.82 Å². The maximum Gasteiger partial charge on any atom is 0.251 e. The van der Waals surface area contributed by atoms with E-state index in [0.29, 0.717) is 39.9 Å². The number of amides is 1. The number of carbonyl (C=O) groups is 1. The Balaban J connectivity index is 1.67. The summed E-state index contributed by atoms with van der Waals surface area (Å²) in [5.41, 5.74) is 10.9. The van der Waals surface area contributed by atoms with Gasteiger partial charge in [0.25, 0.3) is 5.91 Å². The van der Waals surface area contributed by atoms with Crippen LogP contribution in [0, 0.1) is 12.3 Å². The Kier molecular flexibility index (Phi) is 4.52. The van der Waals surface area contributed by atoms with Crippen LogP contribution in [0.5, 0.6) is 0 Å². The molecule has 0 saturated heterocycles. The first-order valence-electron chi connectivity index (χ1n) is 8.81. The number of benzene rings is 2. The van der Waals surface area contributed by atoms with E-state index in [-0.39, 0.29) is 5.91 Å². The van der Waals surface area contributed by atoms with Crippen LogP contribution < -0.4 is 16.4 Å². The number of rotatable bonds is 4. The molecule has 8 heteroatoms. The van der Waals surface area contributed by atoms with Crippen LogP contribution in [0.1, 0.15) is 27.0 Å². The molecule has 7 nitrogen and oxygen atoms in total. The van der Waals surface area contributed by atoms with Crippen LogP contribution in [-0.2, 0) is 6.42 Å². The third-order valence-corrected chi connectivity index (χ3v) is 5.19. The minimum Gasteiger partial charge on any atom is -0.398 e. The molecule has 1 aromatic heterocycles. The number of nitrogens with zero attached hydrogens (tertiary/aromatic N) is 2. The minimum absolute atomic E-state index is 0.0354. The molecule has 0 radical (unpaired) electrons. The van der Waals surface area contributed by atoms with Crippen molar-refractivity contribution in [1.82, 2.24) is 15.1 Å². The third kappa shape index (κ3) is 3.10. The number of nitrogens with one attached hydrogen (secondary N) is 3. The van der Waals surface area contributed by atoms with E-state index < -0.39 is 0 Å². The number of aryl methyl sites for hydroxylation is 1. The van der Waals surface area contributed by atoms with Gasteiger partial charge in [-0.25, -0.2) is 4.68 Å². The van der Waals surface area contributed by atoms with Gasteiger partial charge < -0.3 is 21.8 Å². The number of nitrogens with two attached hydrogens (primary N) is 1. The highest BCUT2D eigenvalue weighted by molar-refractivity contribution is 6.36. The number of anilines is 3. The Morgan fingerprint density at radius 1 is 1.36 bits per heavy atom. The van der Waals surface area contributed by atoms with Crippen LogP contribution >= 0.6 is 11.6 Å². The molecule has 1 aliphatic rings. The summed E-state index contributed by atoms with van der Waals surface area (Å²) in [4.78, 5) is 11.9. The van der Waals surface area contributed by atoms with Gasteiger partial charge in [0.2, 0.25) is 0 Å². The van der Waals surface area contributed by atoms with E-state index in [0.717, 1.165) is 29.4 Å². The van der Waals surface area contributed by atoms with Gasteiger partial charge in [-0.3, -0.25) is 4.79 Å². The summed E-state index contributed by atoms with van der Waals surface area (Å²) in [5, 5.41) is 18.5. The number of halogens is 1. The molecule has 0 fully saturated rings. The lowest BCUT2D eigenvalue weighted by molar-refractivity contribution is 0.0946. The number of nitrogen functional groups attached to an aromatic ring is 1. The number of aromatic nitrogens is 2. The smallest absolute Gasteiger partial charge is 0.251 e. The fraction of sp³-hybridized carbons (Fsp3) is 0.150. The molecule has 0 saturated carbocycles. The zero-order chi connectivity index (χ0) is 19.8. The highest BCUT2D eigenvalue weighted by Gasteiger charge is 2.18. The molecule has 5 N–H and O–H groups in total. The molecular formula is C20H19ClN6O. The molecular weight excluding hydrogens is 376 g/mol. The molecule has 2 heterocycles. The lowest BCUT2D eigenvalue weighted by Gasteiger charge is -2.17. The molecule has 2 aromatic carbocycles. The lowest BCUT2D eigenvalue weighted by Crippen LogP contribution is -2.31. The summed E-state index contributed by atoms with van der Waals surface area (Å²) in [6.07, 6.45) is 3.85. The van der Waals surface area contributed by atoms with E-state index in [1.165, 1.54) is 0 Å². The molecule has 28 heavy (non-hydrogen) atoms. The van der Waals surface area contributed by atoms with Crippen molar-refractivity contribution in [2.24, 2.45) is 0 Å². The normalized spacial score (nSPS) is 13.0. The van der Waals surface area contributed by atoms with Gasteiger partial charge in [-0.05, 0) is 49.2 Å². The van der Waals surface area contributed by atoms with E-state index in [4.69, 9.17) is 22.7 Å². The summed E-state index contributed by atoms with van der Waals surface area (Å²) < 4.78 is 1.77. The molecule has 4 rings (SSSR count). The third-order valence-electron chi connectivity index (χ3n) is 4.79. The van der Waals surface area contributed by atoms with E-state index in [1.807, 2.05) is 31.3 Å². The number of hydrogen-bond acceptors (Lipinski definition) is 5. The van der Waals surface area contributed by atoms with Crippen molar-refractivity contribution >= 4 is 40.9 Å². The Morgan fingerprint density at radius 2 is 2.18 bits per heavy atom. The van der Waals surface area contributed by atoms with Crippen LogP contribution in [0.3, 0.4) is 0 Å². The Morgan fingerprint density at radius 3 is 2.96 bits per heavy atom. The topological polar surface area (TPSA) is 109 Å². The molecule has 0 bridgehead atoms. The number of carbonyl (C=O) groups excluding carboxylic acids is 1. The van der Waals surface area contributed by atoms with Crippen LogP contribution in [0.25, 0.3) is 5.69 Å². The second-order valence-corrected chi connectivity index (χ2v) is 7.03. The molecule has 142 valence electrons. The molecule has 0 spiro atoms. The quantitative estimate of drug-likeness (QED) is 0.401. The maximum atomic E-state index is 11.9. The van der Waals surface area contributed by atoms with Crippen LogP contribution in [0.15, 0.2) is 36.5 Å². The summed E-state index contributed by atoms with van der Waals surface area (Å²) in [7, 11) is 0. The summed E-state index contributed by atoms with van der Waals surface area (Å²) >= 11 is 6.37. The average Bonchev–Trinajstić information content (AvgIpc) is 3.05. The van der Waals surface area contributed by atoms with Gasteiger partial charge in [0, 0.05) is 41.3 Å². The lowest BCUT2D eigenvalue weighted by atomic mass is 10.00. The van der Waals surface area contributed by atoms with Gasteiger partial charge in [-0.1, -0.05) is 11.6 Å². The first-order chi connectivity index (χ1) is 13.5. The van der Waals surface area contributed by atoms with Gasteiger partial charge in [0.1, 0.15) is 0 Å². The number of fused-ring (bicyclic) bond motifs is 1. The van der Waals surface area contributed by atoms with Crippen molar-refractivity contribution in [3.8, 4) is 5.69 Å². The first kappa shape index (κ1) is 18.1. The van der Waals surface area contributed by atoms with E-state index in [2.05, 4.69) is 15.7 Å². The minimum atomic E-state index is -0.0354. The number of hydrogen-bond donors (Lipinski definition) is 4.